The lowest BCUT2D eigenvalue weighted by atomic mass is 10.2. The summed E-state index contributed by atoms with van der Waals surface area (Å²) >= 11 is 6.04. The Bertz CT molecular complexity index is 988. The molecule has 0 amide bonds. The number of pyridine rings is 1. The monoisotopic (exact) mass is 403 g/mol. The van der Waals surface area contributed by atoms with E-state index in [0.29, 0.717) is 4.80 Å². The van der Waals surface area contributed by atoms with E-state index in [0.717, 1.165) is 4.68 Å². The summed E-state index contributed by atoms with van der Waals surface area (Å²) in [6.07, 6.45) is -4.98. The van der Waals surface area contributed by atoms with Gasteiger partial charge in [0.1, 0.15) is 6.04 Å². The predicted octanol–water partition coefficient (Wildman–Crippen LogP) is 2.59. The molecular weight excluding hydrogens is 395 g/mol. The molecule has 0 fully saturated rings. The Balaban J connectivity index is 2.02. The first kappa shape index (κ1) is 18.6. The largest absolute Gasteiger partial charge is 0.512 e. The maximum Gasteiger partial charge on any atom is 0.512 e. The Morgan fingerprint density at radius 2 is 2.11 bits per heavy atom. The highest BCUT2D eigenvalue weighted by Crippen LogP contribution is 2.28. The molecule has 0 spiro atoms. The third-order valence-electron chi connectivity index (χ3n) is 3.28. The Morgan fingerprint density at radius 1 is 1.37 bits per heavy atom. The standard InChI is InChI=1S/C13H9ClF3N7O3/c1-6(24-21-11(19-22-24)13(15,16)17)8-5-9(27-12(25)26)23(20-8)10-7(14)3-2-4-18-10/h2-6H,1H3,(H,25,26). The average molecular weight is 404 g/mol. The van der Waals surface area contributed by atoms with E-state index in [1.807, 2.05) is 0 Å². The number of nitrogens with zero attached hydrogens (tertiary/aromatic N) is 7. The van der Waals surface area contributed by atoms with E-state index in [4.69, 9.17) is 16.7 Å². The van der Waals surface area contributed by atoms with Crippen molar-refractivity contribution in [2.45, 2.75) is 19.1 Å². The lowest BCUT2D eigenvalue weighted by Gasteiger charge is -2.07. The van der Waals surface area contributed by atoms with Gasteiger partial charge in [-0.2, -0.15) is 27.7 Å². The van der Waals surface area contributed by atoms with Crippen LogP contribution in [0.2, 0.25) is 5.02 Å². The molecule has 0 saturated carbocycles. The van der Waals surface area contributed by atoms with Crippen molar-refractivity contribution in [1.29, 1.82) is 0 Å². The quantitative estimate of drug-likeness (QED) is 0.660. The van der Waals surface area contributed by atoms with E-state index < -0.39 is 24.2 Å². The molecule has 3 aromatic rings. The molecule has 1 unspecified atom stereocenters. The van der Waals surface area contributed by atoms with Gasteiger partial charge in [-0.05, 0) is 24.3 Å². The molecule has 0 aromatic carbocycles. The summed E-state index contributed by atoms with van der Waals surface area (Å²) in [5, 5.41) is 22.7. The minimum absolute atomic E-state index is 0.0661. The van der Waals surface area contributed by atoms with Crippen molar-refractivity contribution in [3.63, 3.8) is 0 Å². The summed E-state index contributed by atoms with van der Waals surface area (Å²) in [4.78, 5) is 15.6. The van der Waals surface area contributed by atoms with Crippen LogP contribution in [0.15, 0.2) is 24.4 Å². The Hall–Kier alpha value is -3.22. The van der Waals surface area contributed by atoms with Gasteiger partial charge in [-0.3, -0.25) is 0 Å². The van der Waals surface area contributed by atoms with Gasteiger partial charge in [0.25, 0.3) is 5.82 Å². The van der Waals surface area contributed by atoms with Crippen LogP contribution in [-0.4, -0.2) is 46.2 Å². The van der Waals surface area contributed by atoms with Crippen LogP contribution in [0.5, 0.6) is 5.88 Å². The van der Waals surface area contributed by atoms with Crippen molar-refractivity contribution in [1.82, 2.24) is 35.0 Å². The number of halogens is 4. The van der Waals surface area contributed by atoms with Crippen molar-refractivity contribution in [2.75, 3.05) is 0 Å². The van der Waals surface area contributed by atoms with E-state index >= 15 is 0 Å². The van der Waals surface area contributed by atoms with Gasteiger partial charge in [0.2, 0.25) is 5.88 Å². The number of carbonyl (C=O) groups is 1. The Kier molecular flexibility index (Phi) is 4.70. The molecule has 27 heavy (non-hydrogen) atoms. The minimum atomic E-state index is -4.75. The highest BCUT2D eigenvalue weighted by Gasteiger charge is 2.37. The van der Waals surface area contributed by atoms with Crippen LogP contribution in [-0.2, 0) is 6.18 Å². The normalized spacial score (nSPS) is 12.8. The molecule has 3 heterocycles. The molecule has 1 atom stereocenters. The zero-order valence-electron chi connectivity index (χ0n) is 13.3. The average Bonchev–Trinajstić information content (AvgIpc) is 3.21. The van der Waals surface area contributed by atoms with Crippen LogP contribution in [0, 0.1) is 0 Å². The van der Waals surface area contributed by atoms with Crippen LogP contribution in [0.3, 0.4) is 0 Å². The van der Waals surface area contributed by atoms with E-state index in [9.17, 15) is 18.0 Å². The molecule has 10 nitrogen and oxygen atoms in total. The van der Waals surface area contributed by atoms with Gasteiger partial charge in [-0.15, -0.1) is 10.2 Å². The van der Waals surface area contributed by atoms with Gasteiger partial charge in [0.05, 0.1) is 10.7 Å². The van der Waals surface area contributed by atoms with E-state index in [-0.39, 0.29) is 22.4 Å². The van der Waals surface area contributed by atoms with Gasteiger partial charge in [0.15, 0.2) is 5.82 Å². The summed E-state index contributed by atoms with van der Waals surface area (Å²) in [7, 11) is 0. The fourth-order valence-electron chi connectivity index (χ4n) is 2.05. The van der Waals surface area contributed by atoms with Gasteiger partial charge in [-0.1, -0.05) is 11.6 Å². The van der Waals surface area contributed by atoms with Crippen molar-refractivity contribution in [3.8, 4) is 11.7 Å². The topological polar surface area (TPSA) is 121 Å². The summed E-state index contributed by atoms with van der Waals surface area (Å²) < 4.78 is 43.6. The zero-order valence-corrected chi connectivity index (χ0v) is 14.0. The number of rotatable bonds is 4. The predicted molar refractivity (Wildman–Crippen MR) is 81.7 cm³/mol. The van der Waals surface area contributed by atoms with Crippen molar-refractivity contribution in [2.24, 2.45) is 0 Å². The third kappa shape index (κ3) is 3.81. The van der Waals surface area contributed by atoms with Crippen molar-refractivity contribution < 1.29 is 27.8 Å². The van der Waals surface area contributed by atoms with E-state index in [1.165, 1.54) is 25.3 Å². The Labute approximate surface area is 153 Å². The molecule has 0 saturated heterocycles. The maximum absolute atomic E-state index is 12.6. The number of aromatic nitrogens is 7. The second kappa shape index (κ2) is 6.83. The lowest BCUT2D eigenvalue weighted by molar-refractivity contribution is -0.145. The second-order valence-electron chi connectivity index (χ2n) is 5.10. The minimum Gasteiger partial charge on any atom is -0.449 e. The second-order valence-corrected chi connectivity index (χ2v) is 5.51. The SMILES string of the molecule is CC(c1cc(OC(=O)O)n(-c2ncccc2Cl)n1)n1nnc(C(F)(F)F)n1. The molecule has 0 aliphatic rings. The lowest BCUT2D eigenvalue weighted by Crippen LogP contribution is -2.14. The van der Waals surface area contributed by atoms with Crippen LogP contribution in [0.4, 0.5) is 18.0 Å². The zero-order chi connectivity index (χ0) is 19.8. The molecule has 0 radical (unpaired) electrons. The molecule has 3 rings (SSSR count). The Morgan fingerprint density at radius 3 is 2.70 bits per heavy atom. The number of alkyl halides is 3. The summed E-state index contributed by atoms with van der Waals surface area (Å²) in [6, 6.07) is 3.32. The molecule has 142 valence electrons. The molecule has 0 aliphatic carbocycles. The summed E-state index contributed by atoms with van der Waals surface area (Å²) in [5.41, 5.74) is 0.0964. The third-order valence-corrected chi connectivity index (χ3v) is 3.58. The fourth-order valence-corrected chi connectivity index (χ4v) is 2.26. The van der Waals surface area contributed by atoms with Gasteiger partial charge in [0, 0.05) is 12.3 Å². The molecule has 0 aliphatic heterocycles. The van der Waals surface area contributed by atoms with Gasteiger partial charge < -0.3 is 9.84 Å². The molecular formula is C13H9ClF3N7O3. The summed E-state index contributed by atoms with van der Waals surface area (Å²) in [5.74, 6) is -1.61. The molecule has 3 aromatic heterocycles. The first-order chi connectivity index (χ1) is 12.7. The number of carboxylic acid groups (broad SMARTS) is 1. The highest BCUT2D eigenvalue weighted by molar-refractivity contribution is 6.32. The molecule has 0 bridgehead atoms. The van der Waals surface area contributed by atoms with Crippen molar-refractivity contribution >= 4 is 17.8 Å². The molecule has 14 heteroatoms. The number of hydrogen-bond acceptors (Lipinski definition) is 7. The van der Waals surface area contributed by atoms with Crippen molar-refractivity contribution in [3.05, 3.63) is 40.9 Å². The van der Waals surface area contributed by atoms with E-state index in [1.54, 1.807) is 6.07 Å². The smallest absolute Gasteiger partial charge is 0.449 e. The first-order valence-corrected chi connectivity index (χ1v) is 7.53. The van der Waals surface area contributed by atoms with Gasteiger partial charge >= 0.3 is 12.3 Å². The number of tetrazole rings is 1. The highest BCUT2D eigenvalue weighted by atomic mass is 35.5. The van der Waals surface area contributed by atoms with Crippen LogP contribution < -0.4 is 4.74 Å². The van der Waals surface area contributed by atoms with Gasteiger partial charge in [-0.25, -0.2) is 9.78 Å². The van der Waals surface area contributed by atoms with Crippen LogP contribution in [0.1, 0.15) is 24.5 Å². The molecule has 1 N–H and O–H groups in total. The maximum atomic E-state index is 12.6. The first-order valence-electron chi connectivity index (χ1n) is 7.15. The summed E-state index contributed by atoms with van der Waals surface area (Å²) in [6.45, 7) is 1.44. The number of hydrogen-bond donors (Lipinski definition) is 1. The van der Waals surface area contributed by atoms with Crippen LogP contribution >= 0.6 is 11.6 Å². The van der Waals surface area contributed by atoms with Crippen LogP contribution in [0.25, 0.3) is 5.82 Å². The fraction of sp³-hybridized carbons (Fsp3) is 0.231. The van der Waals surface area contributed by atoms with E-state index in [2.05, 4.69) is 30.2 Å². The number of ether oxygens (including phenoxy) is 1.